The summed E-state index contributed by atoms with van der Waals surface area (Å²) in [5.41, 5.74) is -1.12. The van der Waals surface area contributed by atoms with Gasteiger partial charge in [-0.3, -0.25) is 9.69 Å². The molecule has 2 saturated heterocycles. The number of rotatable bonds is 2. The summed E-state index contributed by atoms with van der Waals surface area (Å²) in [6, 6.07) is 0.531. The first-order valence-corrected chi connectivity index (χ1v) is 7.81. The first-order chi connectivity index (χ1) is 9.23. The molecule has 0 aliphatic carbocycles. The number of quaternary nitrogens is 1. The van der Waals surface area contributed by atoms with Crippen molar-refractivity contribution in [2.45, 2.75) is 38.3 Å². The molecule has 2 aliphatic rings. The van der Waals surface area contributed by atoms with E-state index in [0.29, 0.717) is 18.9 Å². The molecule has 0 aromatic rings. The van der Waals surface area contributed by atoms with Crippen molar-refractivity contribution in [2.24, 2.45) is 0 Å². The van der Waals surface area contributed by atoms with Crippen LogP contribution in [0.15, 0.2) is 0 Å². The maximum atomic E-state index is 12.6. The number of carbonyl (C=O) groups is 1. The average Bonchev–Trinajstić information content (AvgIpc) is 2.42. The summed E-state index contributed by atoms with van der Waals surface area (Å²) in [6.07, 6.45) is 1.17. The minimum absolute atomic E-state index is 0.0411. The first kappa shape index (κ1) is 15.7. The molecule has 0 saturated carbocycles. The van der Waals surface area contributed by atoms with Crippen molar-refractivity contribution in [1.82, 2.24) is 9.80 Å². The predicted octanol–water partition coefficient (Wildman–Crippen LogP) is 0.140. The van der Waals surface area contributed by atoms with E-state index >= 15 is 0 Å². The van der Waals surface area contributed by atoms with Crippen molar-refractivity contribution in [3.05, 3.63) is 0 Å². The van der Waals surface area contributed by atoms with Crippen LogP contribution in [0.25, 0.3) is 0 Å². The Labute approximate surface area is 122 Å². The highest BCUT2D eigenvalue weighted by Crippen LogP contribution is 2.27. The van der Waals surface area contributed by atoms with Gasteiger partial charge >= 0.3 is 0 Å². The van der Waals surface area contributed by atoms with Gasteiger partial charge in [0, 0.05) is 45.1 Å². The molecule has 2 rings (SSSR count). The molecule has 1 amide bonds. The smallest absolute Gasteiger partial charge is 0.255 e. The SMILES string of the molecule is CC(C)N1CCN(C(=O)C2(O)CC[N+](C)(C)CC2)CC1. The van der Waals surface area contributed by atoms with E-state index in [1.807, 2.05) is 4.90 Å². The van der Waals surface area contributed by atoms with E-state index in [0.717, 1.165) is 43.8 Å². The van der Waals surface area contributed by atoms with Crippen molar-refractivity contribution < 1.29 is 14.4 Å². The molecule has 0 spiro atoms. The van der Waals surface area contributed by atoms with Gasteiger partial charge in [-0.2, -0.15) is 0 Å². The molecule has 0 radical (unpaired) electrons. The number of carbonyl (C=O) groups excluding carboxylic acids is 1. The second kappa shape index (κ2) is 5.62. The van der Waals surface area contributed by atoms with Crippen LogP contribution in [-0.4, -0.2) is 90.3 Å². The van der Waals surface area contributed by atoms with E-state index in [4.69, 9.17) is 0 Å². The van der Waals surface area contributed by atoms with Gasteiger partial charge in [-0.1, -0.05) is 0 Å². The number of piperazine rings is 1. The zero-order chi connectivity index (χ0) is 15.0. The summed E-state index contributed by atoms with van der Waals surface area (Å²) in [6.45, 7) is 9.44. The number of hydrogen-bond acceptors (Lipinski definition) is 3. The summed E-state index contributed by atoms with van der Waals surface area (Å²) in [5, 5.41) is 10.7. The molecule has 116 valence electrons. The fourth-order valence-electron chi connectivity index (χ4n) is 3.16. The van der Waals surface area contributed by atoms with Gasteiger partial charge in [0.2, 0.25) is 0 Å². The molecule has 5 nitrogen and oxygen atoms in total. The summed E-state index contributed by atoms with van der Waals surface area (Å²) >= 11 is 0. The van der Waals surface area contributed by atoms with E-state index in [-0.39, 0.29) is 5.91 Å². The molecular formula is C15H30N3O2+. The zero-order valence-corrected chi connectivity index (χ0v) is 13.4. The van der Waals surface area contributed by atoms with Gasteiger partial charge < -0.3 is 14.5 Å². The molecule has 0 aromatic heterocycles. The zero-order valence-electron chi connectivity index (χ0n) is 13.4. The van der Waals surface area contributed by atoms with Crippen LogP contribution in [0.2, 0.25) is 0 Å². The lowest BCUT2D eigenvalue weighted by Crippen LogP contribution is -2.61. The monoisotopic (exact) mass is 284 g/mol. The maximum Gasteiger partial charge on any atom is 0.255 e. The number of aliphatic hydroxyl groups is 1. The lowest BCUT2D eigenvalue weighted by molar-refractivity contribution is -0.897. The Morgan fingerprint density at radius 1 is 1.10 bits per heavy atom. The summed E-state index contributed by atoms with van der Waals surface area (Å²) in [4.78, 5) is 16.9. The van der Waals surface area contributed by atoms with Crippen molar-refractivity contribution in [3.8, 4) is 0 Å². The molecular weight excluding hydrogens is 254 g/mol. The number of piperidine rings is 1. The normalized spacial score (nSPS) is 26.8. The largest absolute Gasteiger partial charge is 0.380 e. The standard InChI is InChI=1S/C15H30N3O2/c1-13(2)16-7-9-17(10-8-16)14(19)15(20)5-11-18(3,4)12-6-15/h13,20H,5-12H2,1-4H3/q+1. The van der Waals surface area contributed by atoms with Crippen LogP contribution in [0, 0.1) is 0 Å². The maximum absolute atomic E-state index is 12.6. The summed E-state index contributed by atoms with van der Waals surface area (Å²) in [5.74, 6) is -0.0411. The molecule has 0 atom stereocenters. The van der Waals surface area contributed by atoms with Gasteiger partial charge in [-0.25, -0.2) is 0 Å². The molecule has 2 aliphatic heterocycles. The van der Waals surface area contributed by atoms with Crippen LogP contribution < -0.4 is 0 Å². The lowest BCUT2D eigenvalue weighted by Gasteiger charge is -2.44. The molecule has 0 aromatic carbocycles. The number of nitrogens with zero attached hydrogens (tertiary/aromatic N) is 3. The summed E-state index contributed by atoms with van der Waals surface area (Å²) in [7, 11) is 4.32. The third-order valence-corrected chi connectivity index (χ3v) is 4.99. The fourth-order valence-corrected chi connectivity index (χ4v) is 3.16. The van der Waals surface area contributed by atoms with Crippen LogP contribution in [0.3, 0.4) is 0 Å². The summed E-state index contributed by atoms with van der Waals surface area (Å²) < 4.78 is 0.900. The predicted molar refractivity (Wildman–Crippen MR) is 79.3 cm³/mol. The minimum Gasteiger partial charge on any atom is -0.380 e. The Kier molecular flexibility index (Phi) is 4.42. The minimum atomic E-state index is -1.12. The van der Waals surface area contributed by atoms with Crippen molar-refractivity contribution in [3.63, 3.8) is 0 Å². The fraction of sp³-hybridized carbons (Fsp3) is 0.933. The van der Waals surface area contributed by atoms with Gasteiger partial charge in [-0.05, 0) is 13.8 Å². The Morgan fingerprint density at radius 2 is 1.60 bits per heavy atom. The van der Waals surface area contributed by atoms with E-state index in [1.165, 1.54) is 0 Å². The van der Waals surface area contributed by atoms with Crippen LogP contribution in [0.5, 0.6) is 0 Å². The highest BCUT2D eigenvalue weighted by molar-refractivity contribution is 5.85. The van der Waals surface area contributed by atoms with Gasteiger partial charge in [-0.15, -0.1) is 0 Å². The second-order valence-electron chi connectivity index (χ2n) is 7.34. The quantitative estimate of drug-likeness (QED) is 0.734. The second-order valence-corrected chi connectivity index (χ2v) is 7.34. The number of hydrogen-bond donors (Lipinski definition) is 1. The van der Waals surface area contributed by atoms with Crippen LogP contribution in [-0.2, 0) is 4.79 Å². The average molecular weight is 284 g/mol. The molecule has 5 heteroatoms. The van der Waals surface area contributed by atoms with Gasteiger partial charge in [0.05, 0.1) is 27.2 Å². The van der Waals surface area contributed by atoms with E-state index in [2.05, 4.69) is 32.8 Å². The van der Waals surface area contributed by atoms with Crippen LogP contribution >= 0.6 is 0 Å². The van der Waals surface area contributed by atoms with Crippen LogP contribution in [0.1, 0.15) is 26.7 Å². The molecule has 1 N–H and O–H groups in total. The van der Waals surface area contributed by atoms with Crippen molar-refractivity contribution >= 4 is 5.91 Å². The third-order valence-electron chi connectivity index (χ3n) is 4.99. The van der Waals surface area contributed by atoms with Gasteiger partial charge in [0.15, 0.2) is 5.60 Å². The molecule has 0 unspecified atom stereocenters. The highest BCUT2D eigenvalue weighted by Gasteiger charge is 2.45. The van der Waals surface area contributed by atoms with Gasteiger partial charge in [0.1, 0.15) is 0 Å². The van der Waals surface area contributed by atoms with Crippen molar-refractivity contribution in [2.75, 3.05) is 53.4 Å². The van der Waals surface area contributed by atoms with Crippen molar-refractivity contribution in [1.29, 1.82) is 0 Å². The van der Waals surface area contributed by atoms with Gasteiger partial charge in [0.25, 0.3) is 5.91 Å². The highest BCUT2D eigenvalue weighted by atomic mass is 16.3. The Balaban J connectivity index is 1.92. The van der Waals surface area contributed by atoms with Crippen LogP contribution in [0.4, 0.5) is 0 Å². The Bertz CT molecular complexity index is 350. The topological polar surface area (TPSA) is 43.8 Å². The van der Waals surface area contributed by atoms with E-state index in [9.17, 15) is 9.90 Å². The van der Waals surface area contributed by atoms with E-state index in [1.54, 1.807) is 0 Å². The van der Waals surface area contributed by atoms with E-state index < -0.39 is 5.60 Å². The molecule has 2 heterocycles. The number of amides is 1. The first-order valence-electron chi connectivity index (χ1n) is 7.81. The Morgan fingerprint density at radius 3 is 2.05 bits per heavy atom. The number of likely N-dealkylation sites (tertiary alicyclic amines) is 1. The Hall–Kier alpha value is -0.650. The lowest BCUT2D eigenvalue weighted by atomic mass is 9.88. The molecule has 2 fully saturated rings. The molecule has 20 heavy (non-hydrogen) atoms. The molecule has 0 bridgehead atoms. The third kappa shape index (κ3) is 3.32.